The molecule has 0 aliphatic heterocycles. The van der Waals surface area contributed by atoms with E-state index in [0.29, 0.717) is 29.3 Å². The summed E-state index contributed by atoms with van der Waals surface area (Å²) in [5.74, 6) is -0.404. The van der Waals surface area contributed by atoms with Crippen molar-refractivity contribution in [1.82, 2.24) is 14.7 Å². The Hall–Kier alpha value is -3.06. The molecule has 7 heteroatoms. The van der Waals surface area contributed by atoms with Gasteiger partial charge in [0.15, 0.2) is 0 Å². The molecule has 0 atom stereocenters. The normalized spacial score (nSPS) is 11.0. The fraction of sp³-hybridized carbons (Fsp3) is 0.200. The van der Waals surface area contributed by atoms with Crippen LogP contribution in [0.5, 0.6) is 0 Å². The number of carbonyl (C=O) groups is 1. The Bertz CT molecular complexity index is 937. The summed E-state index contributed by atoms with van der Waals surface area (Å²) in [7, 11) is 1.74. The van der Waals surface area contributed by atoms with Crippen LogP contribution in [0.2, 0.25) is 0 Å². The number of carbonyl (C=O) groups excluding carboxylic acids is 1. The Balaban J connectivity index is 1.67. The van der Waals surface area contributed by atoms with Crippen LogP contribution in [0.3, 0.4) is 0 Å². The summed E-state index contributed by atoms with van der Waals surface area (Å²) in [6.45, 7) is 2.21. The number of benzene rings is 2. The van der Waals surface area contributed by atoms with E-state index in [1.54, 1.807) is 60.0 Å². The van der Waals surface area contributed by atoms with Gasteiger partial charge in [-0.2, -0.15) is 5.10 Å². The van der Waals surface area contributed by atoms with Crippen molar-refractivity contribution >= 4 is 11.7 Å². The van der Waals surface area contributed by atoms with Crippen LogP contribution in [-0.2, 0) is 11.3 Å². The Morgan fingerprint density at radius 1 is 1.15 bits per heavy atom. The molecule has 0 aliphatic rings. The van der Waals surface area contributed by atoms with Crippen LogP contribution >= 0.6 is 0 Å². The van der Waals surface area contributed by atoms with E-state index in [1.807, 2.05) is 0 Å². The molecule has 0 aliphatic carbocycles. The predicted octanol–water partition coefficient (Wildman–Crippen LogP) is 3.53. The smallest absolute Gasteiger partial charge is 0.239 e. The summed E-state index contributed by atoms with van der Waals surface area (Å²) in [4.78, 5) is 14.1. The summed E-state index contributed by atoms with van der Waals surface area (Å²) in [5.41, 5.74) is 1.88. The highest BCUT2D eigenvalue weighted by Crippen LogP contribution is 2.17. The van der Waals surface area contributed by atoms with Gasteiger partial charge in [-0.05, 0) is 44.3 Å². The number of aromatic nitrogens is 2. The third-order valence-corrected chi connectivity index (χ3v) is 3.98. The van der Waals surface area contributed by atoms with Gasteiger partial charge in [-0.1, -0.05) is 18.2 Å². The summed E-state index contributed by atoms with van der Waals surface area (Å²) in [5, 5.41) is 7.15. The highest BCUT2D eigenvalue weighted by Gasteiger charge is 2.14. The number of anilines is 1. The lowest BCUT2D eigenvalue weighted by Crippen LogP contribution is -2.30. The monoisotopic (exact) mass is 370 g/mol. The third-order valence-electron chi connectivity index (χ3n) is 3.98. The van der Waals surface area contributed by atoms with E-state index in [-0.39, 0.29) is 24.1 Å². The molecule has 3 aromatic rings. The SMILES string of the molecule is Cc1cc(NC(=O)CN(C)Cc2ccccc2F)n(-c2ccc(F)cc2)n1. The first-order chi connectivity index (χ1) is 12.9. The maximum atomic E-state index is 13.7. The third kappa shape index (κ3) is 4.77. The van der Waals surface area contributed by atoms with Crippen LogP contribution in [0.25, 0.3) is 5.69 Å². The van der Waals surface area contributed by atoms with E-state index >= 15 is 0 Å². The Kier molecular flexibility index (Phi) is 5.61. The Labute approximate surface area is 156 Å². The zero-order valence-corrected chi connectivity index (χ0v) is 15.1. The van der Waals surface area contributed by atoms with Crippen molar-refractivity contribution in [2.45, 2.75) is 13.5 Å². The number of halogens is 2. The molecule has 0 saturated carbocycles. The molecular weight excluding hydrogens is 350 g/mol. The van der Waals surface area contributed by atoms with Crippen LogP contribution < -0.4 is 5.32 Å². The fourth-order valence-electron chi connectivity index (χ4n) is 2.77. The van der Waals surface area contributed by atoms with E-state index in [9.17, 15) is 13.6 Å². The van der Waals surface area contributed by atoms with Crippen LogP contribution in [0.1, 0.15) is 11.3 Å². The van der Waals surface area contributed by atoms with Crippen molar-refractivity contribution in [3.05, 3.63) is 77.5 Å². The molecule has 1 N–H and O–H groups in total. The van der Waals surface area contributed by atoms with E-state index in [0.717, 1.165) is 0 Å². The van der Waals surface area contributed by atoms with Crippen molar-refractivity contribution in [1.29, 1.82) is 0 Å². The van der Waals surface area contributed by atoms with Crippen molar-refractivity contribution in [2.24, 2.45) is 0 Å². The summed E-state index contributed by atoms with van der Waals surface area (Å²) >= 11 is 0. The quantitative estimate of drug-likeness (QED) is 0.722. The molecular formula is C20H20F2N4O. The second kappa shape index (κ2) is 8.09. The molecule has 5 nitrogen and oxygen atoms in total. The van der Waals surface area contributed by atoms with Gasteiger partial charge in [-0.25, -0.2) is 13.5 Å². The molecule has 1 aromatic heterocycles. The van der Waals surface area contributed by atoms with Gasteiger partial charge in [-0.3, -0.25) is 9.69 Å². The number of nitrogens with zero attached hydrogens (tertiary/aromatic N) is 3. The van der Waals surface area contributed by atoms with Crippen LogP contribution in [0.15, 0.2) is 54.6 Å². The van der Waals surface area contributed by atoms with Crippen LogP contribution in [0.4, 0.5) is 14.6 Å². The molecule has 0 radical (unpaired) electrons. The lowest BCUT2D eigenvalue weighted by atomic mass is 10.2. The second-order valence-corrected chi connectivity index (χ2v) is 6.37. The van der Waals surface area contributed by atoms with Gasteiger partial charge < -0.3 is 5.32 Å². The van der Waals surface area contributed by atoms with Crippen molar-refractivity contribution in [3.8, 4) is 5.69 Å². The molecule has 2 aromatic carbocycles. The molecule has 0 fully saturated rings. The largest absolute Gasteiger partial charge is 0.309 e. The van der Waals surface area contributed by atoms with Crippen molar-refractivity contribution < 1.29 is 13.6 Å². The fourth-order valence-corrected chi connectivity index (χ4v) is 2.77. The van der Waals surface area contributed by atoms with Crippen LogP contribution in [0, 0.1) is 18.6 Å². The first-order valence-corrected chi connectivity index (χ1v) is 8.47. The van der Waals surface area contributed by atoms with Crippen molar-refractivity contribution in [3.63, 3.8) is 0 Å². The molecule has 1 heterocycles. The van der Waals surface area contributed by atoms with Gasteiger partial charge in [0.1, 0.15) is 17.5 Å². The van der Waals surface area contributed by atoms with Gasteiger partial charge in [0.2, 0.25) is 5.91 Å². The first-order valence-electron chi connectivity index (χ1n) is 8.47. The number of hydrogen-bond acceptors (Lipinski definition) is 3. The molecule has 140 valence electrons. The lowest BCUT2D eigenvalue weighted by Gasteiger charge is -2.17. The maximum Gasteiger partial charge on any atom is 0.239 e. The lowest BCUT2D eigenvalue weighted by molar-refractivity contribution is -0.117. The maximum absolute atomic E-state index is 13.7. The predicted molar refractivity (Wildman–Crippen MR) is 99.6 cm³/mol. The molecule has 0 saturated heterocycles. The van der Waals surface area contributed by atoms with Gasteiger partial charge in [0.05, 0.1) is 17.9 Å². The van der Waals surface area contributed by atoms with Crippen LogP contribution in [-0.4, -0.2) is 34.2 Å². The minimum Gasteiger partial charge on any atom is -0.309 e. The van der Waals surface area contributed by atoms with E-state index < -0.39 is 0 Å². The summed E-state index contributed by atoms with van der Waals surface area (Å²) in [6.07, 6.45) is 0. The molecule has 1 amide bonds. The summed E-state index contributed by atoms with van der Waals surface area (Å²) in [6, 6.07) is 14.0. The number of hydrogen-bond donors (Lipinski definition) is 1. The number of aryl methyl sites for hydroxylation is 1. The van der Waals surface area contributed by atoms with E-state index in [2.05, 4.69) is 10.4 Å². The first kappa shape index (κ1) is 18.7. The minimum absolute atomic E-state index is 0.0853. The van der Waals surface area contributed by atoms with Gasteiger partial charge in [-0.15, -0.1) is 0 Å². The zero-order valence-electron chi connectivity index (χ0n) is 15.1. The van der Waals surface area contributed by atoms with Crippen molar-refractivity contribution in [2.75, 3.05) is 18.9 Å². The number of amides is 1. The molecule has 0 spiro atoms. The highest BCUT2D eigenvalue weighted by molar-refractivity contribution is 5.91. The number of rotatable bonds is 6. The second-order valence-electron chi connectivity index (χ2n) is 6.37. The van der Waals surface area contributed by atoms with Gasteiger partial charge >= 0.3 is 0 Å². The Morgan fingerprint density at radius 2 is 1.85 bits per heavy atom. The zero-order chi connectivity index (χ0) is 19.4. The van der Waals surface area contributed by atoms with Gasteiger partial charge in [0.25, 0.3) is 0 Å². The standard InChI is InChI=1S/C20H20F2N4O/c1-14-11-19(26(24-14)17-9-7-16(21)8-10-17)23-20(27)13-25(2)12-15-5-3-4-6-18(15)22/h3-11H,12-13H2,1-2H3,(H,23,27). The van der Waals surface area contributed by atoms with Gasteiger partial charge in [0, 0.05) is 18.2 Å². The molecule has 27 heavy (non-hydrogen) atoms. The Morgan fingerprint density at radius 3 is 2.56 bits per heavy atom. The topological polar surface area (TPSA) is 50.2 Å². The molecule has 0 bridgehead atoms. The van der Waals surface area contributed by atoms with E-state index in [4.69, 9.17) is 0 Å². The number of nitrogens with one attached hydrogen (secondary N) is 1. The average Bonchev–Trinajstić information content (AvgIpc) is 2.97. The molecule has 0 unspecified atom stereocenters. The average molecular weight is 370 g/mol. The molecule has 3 rings (SSSR count). The van der Waals surface area contributed by atoms with E-state index in [1.165, 1.54) is 18.2 Å². The summed E-state index contributed by atoms with van der Waals surface area (Å²) < 4.78 is 28.4. The number of likely N-dealkylation sites (N-methyl/N-ethyl adjacent to an activating group) is 1. The highest BCUT2D eigenvalue weighted by atomic mass is 19.1. The minimum atomic E-state index is -0.344.